The number of anilines is 1. The lowest BCUT2D eigenvalue weighted by Gasteiger charge is -2.22. The zero-order valence-corrected chi connectivity index (χ0v) is 16.8. The van der Waals surface area contributed by atoms with Crippen LogP contribution in [0, 0.1) is 5.92 Å². The zero-order chi connectivity index (χ0) is 18.2. The molecule has 1 fully saturated rings. The van der Waals surface area contributed by atoms with E-state index in [4.69, 9.17) is 16.3 Å². The summed E-state index contributed by atoms with van der Waals surface area (Å²) in [7, 11) is 0. The topological polar surface area (TPSA) is 70.7 Å². The molecule has 0 saturated carbocycles. The van der Waals surface area contributed by atoms with Crippen molar-refractivity contribution in [3.05, 3.63) is 23.2 Å². The number of nitrogens with zero attached hydrogens (tertiary/aromatic N) is 1. The first-order valence-electron chi connectivity index (χ1n) is 8.76. The molecule has 0 aromatic heterocycles. The molecule has 1 saturated heterocycles. The van der Waals surface area contributed by atoms with Gasteiger partial charge in [0.15, 0.2) is 6.61 Å². The summed E-state index contributed by atoms with van der Waals surface area (Å²) in [5, 5.41) is 6.48. The highest BCUT2D eigenvalue weighted by Gasteiger charge is 2.21. The molecule has 2 amide bonds. The van der Waals surface area contributed by atoms with E-state index in [0.29, 0.717) is 36.1 Å². The maximum absolute atomic E-state index is 12.2. The lowest BCUT2D eigenvalue weighted by molar-refractivity contribution is -0.133. The van der Waals surface area contributed by atoms with Crippen LogP contribution in [0.4, 0.5) is 5.69 Å². The highest BCUT2D eigenvalue weighted by molar-refractivity contribution is 6.32. The SMILES string of the molecule is CCN(CC)C(=O)COc1ccc(NC(=O)C2CCCNC2)cc1Cl.Cl. The van der Waals surface area contributed by atoms with Crippen molar-refractivity contribution < 1.29 is 14.3 Å². The Morgan fingerprint density at radius 3 is 2.65 bits per heavy atom. The molecule has 2 rings (SSSR count). The van der Waals surface area contributed by atoms with Crippen LogP contribution in [0.15, 0.2) is 18.2 Å². The number of hydrogen-bond acceptors (Lipinski definition) is 4. The summed E-state index contributed by atoms with van der Waals surface area (Å²) >= 11 is 6.22. The molecule has 6 nitrogen and oxygen atoms in total. The van der Waals surface area contributed by atoms with Gasteiger partial charge in [0.1, 0.15) is 5.75 Å². The number of nitrogens with one attached hydrogen (secondary N) is 2. The minimum atomic E-state index is -0.0803. The van der Waals surface area contributed by atoms with E-state index >= 15 is 0 Å². The van der Waals surface area contributed by atoms with Gasteiger partial charge in [-0.2, -0.15) is 0 Å². The molecular weight excluding hydrogens is 377 g/mol. The highest BCUT2D eigenvalue weighted by atomic mass is 35.5. The van der Waals surface area contributed by atoms with Crippen LogP contribution >= 0.6 is 24.0 Å². The van der Waals surface area contributed by atoms with Crippen LogP contribution in [-0.2, 0) is 9.59 Å². The minimum Gasteiger partial charge on any atom is -0.482 e. The molecule has 0 radical (unpaired) electrons. The Morgan fingerprint density at radius 1 is 1.35 bits per heavy atom. The second-order valence-electron chi connectivity index (χ2n) is 6.03. The van der Waals surface area contributed by atoms with Crippen LogP contribution in [0.1, 0.15) is 26.7 Å². The van der Waals surface area contributed by atoms with E-state index in [-0.39, 0.29) is 36.7 Å². The molecular formula is C18H27Cl2N3O3. The maximum atomic E-state index is 12.2. The summed E-state index contributed by atoms with van der Waals surface area (Å²) in [6.45, 7) is 6.76. The molecule has 1 aromatic carbocycles. The van der Waals surface area contributed by atoms with Gasteiger partial charge in [-0.05, 0) is 51.4 Å². The molecule has 0 bridgehead atoms. The number of piperidine rings is 1. The van der Waals surface area contributed by atoms with Gasteiger partial charge in [0.2, 0.25) is 5.91 Å². The maximum Gasteiger partial charge on any atom is 0.260 e. The molecule has 0 spiro atoms. The van der Waals surface area contributed by atoms with Crippen molar-refractivity contribution in [3.8, 4) is 5.75 Å². The Balaban J connectivity index is 0.00000338. The Kier molecular flexibility index (Phi) is 9.76. The first-order chi connectivity index (χ1) is 12.0. The number of hydrogen-bond donors (Lipinski definition) is 2. The third kappa shape index (κ3) is 6.34. The van der Waals surface area contributed by atoms with E-state index in [0.717, 1.165) is 19.4 Å². The summed E-state index contributed by atoms with van der Waals surface area (Å²) in [5.74, 6) is 0.325. The Bertz CT molecular complexity index is 603. The van der Waals surface area contributed by atoms with E-state index in [1.54, 1.807) is 23.1 Å². The minimum absolute atomic E-state index is 0. The normalized spacial score (nSPS) is 16.3. The van der Waals surface area contributed by atoms with Crippen LogP contribution < -0.4 is 15.4 Å². The van der Waals surface area contributed by atoms with Crippen LogP contribution in [0.3, 0.4) is 0 Å². The monoisotopic (exact) mass is 403 g/mol. The van der Waals surface area contributed by atoms with Crippen LogP contribution in [0.25, 0.3) is 0 Å². The number of carbonyl (C=O) groups excluding carboxylic acids is 2. The van der Waals surface area contributed by atoms with Crippen LogP contribution in [0.2, 0.25) is 5.02 Å². The lowest BCUT2D eigenvalue weighted by Crippen LogP contribution is -2.37. The molecule has 1 aromatic rings. The fourth-order valence-corrected chi connectivity index (χ4v) is 3.06. The van der Waals surface area contributed by atoms with Crippen molar-refractivity contribution in [2.24, 2.45) is 5.92 Å². The second kappa shape index (κ2) is 11.3. The number of benzene rings is 1. The molecule has 146 valence electrons. The molecule has 1 aliphatic rings. The molecule has 2 N–H and O–H groups in total. The van der Waals surface area contributed by atoms with Crippen molar-refractivity contribution in [2.75, 3.05) is 38.1 Å². The Morgan fingerprint density at radius 2 is 2.08 bits per heavy atom. The smallest absolute Gasteiger partial charge is 0.260 e. The van der Waals surface area contributed by atoms with Gasteiger partial charge in [-0.25, -0.2) is 0 Å². The summed E-state index contributed by atoms with van der Waals surface area (Å²) in [6, 6.07) is 5.05. The van der Waals surface area contributed by atoms with E-state index in [1.165, 1.54) is 0 Å². The van der Waals surface area contributed by atoms with Crippen molar-refractivity contribution in [2.45, 2.75) is 26.7 Å². The highest BCUT2D eigenvalue weighted by Crippen LogP contribution is 2.28. The zero-order valence-electron chi connectivity index (χ0n) is 15.2. The fourth-order valence-electron chi connectivity index (χ4n) is 2.82. The van der Waals surface area contributed by atoms with Gasteiger partial charge in [-0.3, -0.25) is 9.59 Å². The number of rotatable bonds is 7. The van der Waals surface area contributed by atoms with E-state index in [2.05, 4.69) is 10.6 Å². The molecule has 26 heavy (non-hydrogen) atoms. The van der Waals surface area contributed by atoms with Crippen LogP contribution in [-0.4, -0.2) is 49.5 Å². The van der Waals surface area contributed by atoms with Crippen molar-refractivity contribution >= 4 is 41.5 Å². The molecule has 8 heteroatoms. The molecule has 1 unspecified atom stereocenters. The summed E-state index contributed by atoms with van der Waals surface area (Å²) < 4.78 is 5.51. The lowest BCUT2D eigenvalue weighted by atomic mass is 9.99. The predicted molar refractivity (Wildman–Crippen MR) is 106 cm³/mol. The molecule has 1 aliphatic heterocycles. The number of amides is 2. The summed E-state index contributed by atoms with van der Waals surface area (Å²) in [4.78, 5) is 25.9. The first-order valence-corrected chi connectivity index (χ1v) is 9.14. The average Bonchev–Trinajstić information content (AvgIpc) is 2.62. The third-order valence-electron chi connectivity index (χ3n) is 4.33. The quantitative estimate of drug-likeness (QED) is 0.733. The average molecular weight is 404 g/mol. The van der Waals surface area contributed by atoms with E-state index in [9.17, 15) is 9.59 Å². The Labute approximate surface area is 166 Å². The van der Waals surface area contributed by atoms with Gasteiger partial charge < -0.3 is 20.3 Å². The van der Waals surface area contributed by atoms with E-state index in [1.807, 2.05) is 13.8 Å². The predicted octanol–water partition coefficient (Wildman–Crippen LogP) is 2.95. The molecule has 1 heterocycles. The van der Waals surface area contributed by atoms with Gasteiger partial charge in [0.05, 0.1) is 10.9 Å². The second-order valence-corrected chi connectivity index (χ2v) is 6.44. The van der Waals surface area contributed by atoms with Gasteiger partial charge >= 0.3 is 0 Å². The van der Waals surface area contributed by atoms with Crippen molar-refractivity contribution in [1.29, 1.82) is 0 Å². The third-order valence-corrected chi connectivity index (χ3v) is 4.63. The number of carbonyl (C=O) groups is 2. The van der Waals surface area contributed by atoms with Gasteiger partial charge in [0.25, 0.3) is 5.91 Å². The number of halogens is 2. The Hall–Kier alpha value is -1.50. The summed E-state index contributed by atoms with van der Waals surface area (Å²) in [6.07, 6.45) is 1.90. The first kappa shape index (κ1) is 22.5. The van der Waals surface area contributed by atoms with Gasteiger partial charge in [0, 0.05) is 25.3 Å². The van der Waals surface area contributed by atoms with E-state index < -0.39 is 0 Å². The molecule has 1 atom stereocenters. The molecule has 0 aliphatic carbocycles. The summed E-state index contributed by atoms with van der Waals surface area (Å²) in [5.41, 5.74) is 0.628. The fraction of sp³-hybridized carbons (Fsp3) is 0.556. The van der Waals surface area contributed by atoms with Crippen LogP contribution in [0.5, 0.6) is 5.75 Å². The van der Waals surface area contributed by atoms with Crippen molar-refractivity contribution in [1.82, 2.24) is 10.2 Å². The number of ether oxygens (including phenoxy) is 1. The van der Waals surface area contributed by atoms with Crippen molar-refractivity contribution in [3.63, 3.8) is 0 Å². The van der Waals surface area contributed by atoms with Gasteiger partial charge in [-0.15, -0.1) is 12.4 Å². The van der Waals surface area contributed by atoms with Gasteiger partial charge in [-0.1, -0.05) is 11.6 Å². The number of likely N-dealkylation sites (N-methyl/N-ethyl adjacent to an activating group) is 1. The standard InChI is InChI=1S/C18H26ClN3O3.ClH/c1-3-22(4-2)17(23)12-25-16-8-7-14(10-15(16)19)21-18(24)13-6-5-9-20-11-13;/h7-8,10,13,20H,3-6,9,11-12H2,1-2H3,(H,21,24);1H. The largest absolute Gasteiger partial charge is 0.482 e.